The van der Waals surface area contributed by atoms with E-state index >= 15 is 0 Å². The monoisotopic (exact) mass is 332 g/mol. The first kappa shape index (κ1) is 15.8. The number of hydrogen-bond acceptors (Lipinski definition) is 6. The molecule has 0 bridgehead atoms. The second kappa shape index (κ2) is 6.64. The quantitative estimate of drug-likeness (QED) is 0.892. The SMILES string of the molecule is O=C(C1CCOC1)N1CCCC2(CC(Nc3cnccn3)CO2)C1. The molecule has 0 aliphatic carbocycles. The van der Waals surface area contributed by atoms with Crippen molar-refractivity contribution in [3.63, 3.8) is 0 Å². The molecule has 1 spiro atoms. The second-order valence-electron chi connectivity index (χ2n) is 7.05. The van der Waals surface area contributed by atoms with E-state index in [1.807, 2.05) is 4.90 Å². The maximum absolute atomic E-state index is 12.7. The van der Waals surface area contributed by atoms with Crippen LogP contribution in [0.5, 0.6) is 0 Å². The third-order valence-electron chi connectivity index (χ3n) is 5.25. The van der Waals surface area contributed by atoms with Gasteiger partial charge in [-0.1, -0.05) is 0 Å². The molecule has 130 valence electrons. The molecule has 3 unspecified atom stereocenters. The third kappa shape index (κ3) is 3.23. The number of aromatic nitrogens is 2. The summed E-state index contributed by atoms with van der Waals surface area (Å²) in [5.74, 6) is 1.05. The zero-order valence-electron chi connectivity index (χ0n) is 13.8. The fraction of sp³-hybridized carbons (Fsp3) is 0.706. The fourth-order valence-electron chi connectivity index (χ4n) is 4.08. The van der Waals surface area contributed by atoms with Gasteiger partial charge in [-0.3, -0.25) is 9.78 Å². The van der Waals surface area contributed by atoms with Gasteiger partial charge < -0.3 is 19.7 Å². The van der Waals surface area contributed by atoms with Crippen LogP contribution in [0.1, 0.15) is 25.7 Å². The Bertz CT molecular complexity index is 578. The number of likely N-dealkylation sites (tertiary alicyclic amines) is 1. The molecule has 0 radical (unpaired) electrons. The van der Waals surface area contributed by atoms with Crippen LogP contribution in [-0.4, -0.2) is 65.3 Å². The van der Waals surface area contributed by atoms with Crippen LogP contribution in [0.15, 0.2) is 18.6 Å². The molecule has 3 aliphatic heterocycles. The molecule has 3 saturated heterocycles. The normalized spacial score (nSPS) is 33.1. The largest absolute Gasteiger partial charge is 0.381 e. The summed E-state index contributed by atoms with van der Waals surface area (Å²) in [6, 6.07) is 0.214. The van der Waals surface area contributed by atoms with Crippen LogP contribution < -0.4 is 5.32 Å². The van der Waals surface area contributed by atoms with Gasteiger partial charge >= 0.3 is 0 Å². The minimum atomic E-state index is -0.215. The number of amides is 1. The highest BCUT2D eigenvalue weighted by Crippen LogP contribution is 2.36. The summed E-state index contributed by atoms with van der Waals surface area (Å²) in [7, 11) is 0. The summed E-state index contributed by atoms with van der Waals surface area (Å²) in [5, 5.41) is 3.39. The summed E-state index contributed by atoms with van der Waals surface area (Å²) in [4.78, 5) is 23.0. The predicted molar refractivity (Wildman–Crippen MR) is 87.5 cm³/mol. The van der Waals surface area contributed by atoms with Gasteiger partial charge in [0.15, 0.2) is 0 Å². The Kier molecular flexibility index (Phi) is 4.37. The average Bonchev–Trinajstić information content (AvgIpc) is 3.26. The van der Waals surface area contributed by atoms with Crippen LogP contribution in [0.25, 0.3) is 0 Å². The van der Waals surface area contributed by atoms with Crippen molar-refractivity contribution in [1.29, 1.82) is 0 Å². The van der Waals surface area contributed by atoms with Gasteiger partial charge in [-0.2, -0.15) is 0 Å². The summed E-state index contributed by atoms with van der Waals surface area (Å²) in [6.07, 6.45) is 8.82. The summed E-state index contributed by atoms with van der Waals surface area (Å²) < 4.78 is 11.5. The van der Waals surface area contributed by atoms with Crippen LogP contribution in [0.3, 0.4) is 0 Å². The van der Waals surface area contributed by atoms with E-state index in [1.54, 1.807) is 18.6 Å². The molecule has 1 aromatic heterocycles. The topological polar surface area (TPSA) is 76.6 Å². The number of ether oxygens (including phenoxy) is 2. The molecule has 7 heteroatoms. The van der Waals surface area contributed by atoms with E-state index in [1.165, 1.54) is 0 Å². The Balaban J connectivity index is 1.37. The highest BCUT2D eigenvalue weighted by molar-refractivity contribution is 5.79. The van der Waals surface area contributed by atoms with Crippen molar-refractivity contribution in [2.24, 2.45) is 5.92 Å². The van der Waals surface area contributed by atoms with Gasteiger partial charge in [-0.25, -0.2) is 4.98 Å². The predicted octanol–water partition coefficient (Wildman–Crippen LogP) is 1.08. The lowest BCUT2D eigenvalue weighted by molar-refractivity contribution is -0.143. The van der Waals surface area contributed by atoms with Crippen LogP contribution in [0.4, 0.5) is 5.82 Å². The molecule has 4 heterocycles. The Morgan fingerprint density at radius 3 is 3.12 bits per heavy atom. The molecule has 1 amide bonds. The first-order valence-electron chi connectivity index (χ1n) is 8.77. The molecule has 1 aromatic rings. The van der Waals surface area contributed by atoms with Crippen molar-refractivity contribution in [2.45, 2.75) is 37.3 Å². The molecule has 1 N–H and O–H groups in total. The van der Waals surface area contributed by atoms with Gasteiger partial charge in [0.1, 0.15) is 5.82 Å². The second-order valence-corrected chi connectivity index (χ2v) is 7.05. The number of nitrogens with zero attached hydrogens (tertiary/aromatic N) is 3. The van der Waals surface area contributed by atoms with Gasteiger partial charge in [0.05, 0.1) is 37.0 Å². The molecular weight excluding hydrogens is 308 g/mol. The summed E-state index contributed by atoms with van der Waals surface area (Å²) in [5.41, 5.74) is -0.215. The fourth-order valence-corrected chi connectivity index (χ4v) is 4.08. The van der Waals surface area contributed by atoms with E-state index in [-0.39, 0.29) is 23.5 Å². The van der Waals surface area contributed by atoms with Gasteiger partial charge in [-0.15, -0.1) is 0 Å². The smallest absolute Gasteiger partial charge is 0.228 e. The van der Waals surface area contributed by atoms with Gasteiger partial charge in [0.25, 0.3) is 0 Å². The highest BCUT2D eigenvalue weighted by atomic mass is 16.5. The number of rotatable bonds is 3. The molecule has 0 saturated carbocycles. The van der Waals surface area contributed by atoms with Crippen LogP contribution in [-0.2, 0) is 14.3 Å². The van der Waals surface area contributed by atoms with Crippen molar-refractivity contribution in [2.75, 3.05) is 38.2 Å². The first-order chi connectivity index (χ1) is 11.7. The molecule has 3 atom stereocenters. The highest BCUT2D eigenvalue weighted by Gasteiger charge is 2.45. The van der Waals surface area contributed by atoms with Crippen LogP contribution in [0.2, 0.25) is 0 Å². The van der Waals surface area contributed by atoms with E-state index in [2.05, 4.69) is 15.3 Å². The van der Waals surface area contributed by atoms with Gasteiger partial charge in [-0.05, 0) is 19.3 Å². The number of carbonyl (C=O) groups is 1. The van der Waals surface area contributed by atoms with Crippen molar-refractivity contribution in [1.82, 2.24) is 14.9 Å². The Morgan fingerprint density at radius 1 is 1.38 bits per heavy atom. The molecule has 3 aliphatic rings. The zero-order chi connectivity index (χ0) is 16.4. The Hall–Kier alpha value is -1.73. The maximum Gasteiger partial charge on any atom is 0.228 e. The molecule has 4 rings (SSSR count). The van der Waals surface area contributed by atoms with E-state index in [4.69, 9.17) is 9.47 Å². The third-order valence-corrected chi connectivity index (χ3v) is 5.25. The van der Waals surface area contributed by atoms with E-state index in [0.717, 1.165) is 38.0 Å². The van der Waals surface area contributed by atoms with Crippen molar-refractivity contribution in [3.05, 3.63) is 18.6 Å². The van der Waals surface area contributed by atoms with E-state index in [0.29, 0.717) is 26.4 Å². The lowest BCUT2D eigenvalue weighted by Crippen LogP contribution is -2.52. The summed E-state index contributed by atoms with van der Waals surface area (Å²) >= 11 is 0. The lowest BCUT2D eigenvalue weighted by Gasteiger charge is -2.40. The number of hydrogen-bond donors (Lipinski definition) is 1. The van der Waals surface area contributed by atoms with E-state index < -0.39 is 0 Å². The molecule has 3 fully saturated rings. The Morgan fingerprint density at radius 2 is 2.33 bits per heavy atom. The standard InChI is InChI=1S/C17H24N4O3/c22-16(13-2-7-23-10-13)21-6-1-3-17(12-21)8-14(11-24-17)20-15-9-18-4-5-19-15/h4-5,9,13-14H,1-3,6-8,10-12H2,(H,19,20). The Labute approximate surface area is 141 Å². The number of carbonyl (C=O) groups excluding carboxylic acids is 1. The molecule has 7 nitrogen and oxygen atoms in total. The lowest BCUT2D eigenvalue weighted by atomic mass is 9.88. The minimum absolute atomic E-state index is 0.0371. The first-order valence-corrected chi connectivity index (χ1v) is 8.77. The van der Waals surface area contributed by atoms with Gasteiger partial charge in [0.2, 0.25) is 5.91 Å². The van der Waals surface area contributed by atoms with Crippen LogP contribution in [0, 0.1) is 5.92 Å². The summed E-state index contributed by atoms with van der Waals surface area (Å²) in [6.45, 7) is 3.45. The number of piperidine rings is 1. The minimum Gasteiger partial charge on any atom is -0.381 e. The van der Waals surface area contributed by atoms with Crippen molar-refractivity contribution in [3.8, 4) is 0 Å². The number of nitrogens with one attached hydrogen (secondary N) is 1. The number of anilines is 1. The average molecular weight is 332 g/mol. The van der Waals surface area contributed by atoms with Crippen molar-refractivity contribution >= 4 is 11.7 Å². The van der Waals surface area contributed by atoms with Crippen LogP contribution >= 0.6 is 0 Å². The molecule has 0 aromatic carbocycles. The molecule has 24 heavy (non-hydrogen) atoms. The molecular formula is C17H24N4O3. The van der Waals surface area contributed by atoms with Crippen molar-refractivity contribution < 1.29 is 14.3 Å². The van der Waals surface area contributed by atoms with E-state index in [9.17, 15) is 4.79 Å². The zero-order valence-corrected chi connectivity index (χ0v) is 13.8. The van der Waals surface area contributed by atoms with Gasteiger partial charge in [0, 0.05) is 38.5 Å². The maximum atomic E-state index is 12.7.